The van der Waals surface area contributed by atoms with Gasteiger partial charge in [0.1, 0.15) is 11.5 Å². The van der Waals surface area contributed by atoms with Crippen LogP contribution in [0.3, 0.4) is 0 Å². The van der Waals surface area contributed by atoms with Gasteiger partial charge >= 0.3 is 0 Å². The number of ether oxygens (including phenoxy) is 1. The Morgan fingerprint density at radius 1 is 1.06 bits per heavy atom. The first-order chi connectivity index (χ1) is 16.9. The third-order valence-corrected chi connectivity index (χ3v) is 6.56. The fourth-order valence-electron chi connectivity index (χ4n) is 4.73. The molecule has 192 valence electrons. The maximum atomic E-state index is 13.5. The molecule has 0 saturated carbocycles. The number of likely N-dealkylation sites (tertiary alicyclic amines) is 1. The minimum Gasteiger partial charge on any atom is -0.464 e. The number of benzene rings is 1. The molecule has 7 heteroatoms. The minimum absolute atomic E-state index is 0.0264. The molecule has 35 heavy (non-hydrogen) atoms. The number of hydrogen-bond donors (Lipinski definition) is 1. The second kappa shape index (κ2) is 14.0. The molecule has 0 aromatic heterocycles. The summed E-state index contributed by atoms with van der Waals surface area (Å²) in [5.41, 5.74) is 1.22. The number of nitrogens with one attached hydrogen (secondary N) is 1. The average Bonchev–Trinajstić information content (AvgIpc) is 3.06. The molecule has 2 aliphatic rings. The molecule has 0 aliphatic carbocycles. The summed E-state index contributed by atoms with van der Waals surface area (Å²) in [6.45, 7) is 6.70. The zero-order valence-electron chi connectivity index (χ0n) is 21.7. The van der Waals surface area contributed by atoms with Crippen LogP contribution in [-0.2, 0) is 20.7 Å². The van der Waals surface area contributed by atoms with Crippen LogP contribution >= 0.6 is 0 Å². The van der Waals surface area contributed by atoms with Gasteiger partial charge in [0, 0.05) is 32.5 Å². The quantitative estimate of drug-likeness (QED) is 0.525. The number of rotatable bonds is 11. The van der Waals surface area contributed by atoms with Gasteiger partial charge in [-0.2, -0.15) is 0 Å². The van der Waals surface area contributed by atoms with Crippen LogP contribution in [-0.4, -0.2) is 86.4 Å². The molecule has 2 amide bonds. The van der Waals surface area contributed by atoms with Crippen molar-refractivity contribution in [3.8, 4) is 0 Å². The van der Waals surface area contributed by atoms with Crippen LogP contribution < -0.4 is 5.32 Å². The topological polar surface area (TPSA) is 65.1 Å². The summed E-state index contributed by atoms with van der Waals surface area (Å²) in [6.07, 6.45) is 8.81. The second-order valence-corrected chi connectivity index (χ2v) is 9.86. The first kappa shape index (κ1) is 27.0. The van der Waals surface area contributed by atoms with E-state index in [1.54, 1.807) is 0 Å². The summed E-state index contributed by atoms with van der Waals surface area (Å²) < 4.78 is 6.12. The Hall–Kier alpha value is -2.64. The second-order valence-electron chi connectivity index (χ2n) is 9.86. The fourth-order valence-corrected chi connectivity index (χ4v) is 4.73. The normalized spacial score (nSPS) is 18.8. The number of carbonyl (C=O) groups is 2. The van der Waals surface area contributed by atoms with Crippen molar-refractivity contribution in [3.63, 3.8) is 0 Å². The highest BCUT2D eigenvalue weighted by molar-refractivity contribution is 5.79. The van der Waals surface area contributed by atoms with Crippen LogP contribution in [0.5, 0.6) is 0 Å². The van der Waals surface area contributed by atoms with Gasteiger partial charge in [-0.3, -0.25) is 14.5 Å². The molecule has 1 saturated heterocycles. The molecule has 2 heterocycles. The maximum absolute atomic E-state index is 13.5. The highest BCUT2D eigenvalue weighted by atomic mass is 16.5. The van der Waals surface area contributed by atoms with Crippen LogP contribution in [0.1, 0.15) is 38.2 Å². The molecule has 1 aromatic carbocycles. The maximum Gasteiger partial charge on any atom is 0.225 e. The third-order valence-electron chi connectivity index (χ3n) is 6.56. The molecule has 0 unspecified atom stereocenters. The van der Waals surface area contributed by atoms with E-state index < -0.39 is 0 Å². The Balaban J connectivity index is 1.53. The van der Waals surface area contributed by atoms with Crippen molar-refractivity contribution in [3.05, 3.63) is 59.6 Å². The smallest absolute Gasteiger partial charge is 0.225 e. The molecular formula is C28H42N4O3. The Labute approximate surface area is 210 Å². The summed E-state index contributed by atoms with van der Waals surface area (Å²) in [4.78, 5) is 31.4. The van der Waals surface area contributed by atoms with Crippen molar-refractivity contribution in [1.82, 2.24) is 20.0 Å². The molecule has 0 spiro atoms. The first-order valence-corrected chi connectivity index (χ1v) is 12.9. The van der Waals surface area contributed by atoms with E-state index in [9.17, 15) is 9.59 Å². The minimum atomic E-state index is -0.0617. The van der Waals surface area contributed by atoms with E-state index in [-0.39, 0.29) is 17.7 Å². The predicted octanol–water partition coefficient (Wildman–Crippen LogP) is 3.05. The standard InChI is InChI=1S/C28H42N4O3/c1-23(33)29-16-20-32(19-14-24-9-5-4-6-10-24)28(34)25-11-8-17-31(18-15-25)22-27-13-7-12-26(35-27)21-30(2)3/h4-6,9-10,12-13,25H,7-8,11,14-22H2,1-3H3,(H,29,33)/t25-/m1/s1. The average molecular weight is 483 g/mol. The SMILES string of the molecule is CC(=O)NCCN(CCc1ccccc1)C(=O)[C@@H]1CCCN(CC2=CCC=C(CN(C)C)O2)CC1. The number of hydrogen-bond acceptors (Lipinski definition) is 5. The van der Waals surface area contributed by atoms with Crippen LogP contribution in [0.2, 0.25) is 0 Å². The third kappa shape index (κ3) is 9.49. The largest absolute Gasteiger partial charge is 0.464 e. The van der Waals surface area contributed by atoms with Gasteiger partial charge in [0.25, 0.3) is 0 Å². The number of likely N-dealkylation sites (N-methyl/N-ethyl adjacent to an activating group) is 1. The van der Waals surface area contributed by atoms with Crippen LogP contribution in [0, 0.1) is 5.92 Å². The molecule has 0 radical (unpaired) electrons. The van der Waals surface area contributed by atoms with E-state index in [1.807, 2.05) is 37.2 Å². The zero-order chi connectivity index (χ0) is 25.0. The van der Waals surface area contributed by atoms with Gasteiger partial charge in [-0.25, -0.2) is 0 Å². The molecule has 1 atom stereocenters. The van der Waals surface area contributed by atoms with E-state index in [1.165, 1.54) is 12.5 Å². The molecule has 0 bridgehead atoms. The lowest BCUT2D eigenvalue weighted by atomic mass is 9.98. The van der Waals surface area contributed by atoms with Crippen LogP contribution in [0.15, 0.2) is 54.0 Å². The van der Waals surface area contributed by atoms with E-state index in [2.05, 4.69) is 39.4 Å². The van der Waals surface area contributed by atoms with Crippen LogP contribution in [0.4, 0.5) is 0 Å². The molecule has 1 aromatic rings. The summed E-state index contributed by atoms with van der Waals surface area (Å²) >= 11 is 0. The molecule has 7 nitrogen and oxygen atoms in total. The zero-order valence-corrected chi connectivity index (χ0v) is 21.7. The molecule has 3 rings (SSSR count). The van der Waals surface area contributed by atoms with Crippen LogP contribution in [0.25, 0.3) is 0 Å². The Kier molecular flexibility index (Phi) is 10.8. The van der Waals surface area contributed by atoms with Gasteiger partial charge < -0.3 is 19.9 Å². The lowest BCUT2D eigenvalue weighted by Crippen LogP contribution is -2.42. The van der Waals surface area contributed by atoms with Gasteiger partial charge in [-0.05, 0) is 77.0 Å². The summed E-state index contributed by atoms with van der Waals surface area (Å²) in [6, 6.07) is 10.3. The van der Waals surface area contributed by atoms with Crippen molar-refractivity contribution in [2.45, 2.75) is 39.0 Å². The fraction of sp³-hybridized carbons (Fsp3) is 0.571. The molecular weight excluding hydrogens is 440 g/mol. The van der Waals surface area contributed by atoms with E-state index in [0.29, 0.717) is 19.6 Å². The number of amides is 2. The monoisotopic (exact) mass is 482 g/mol. The van der Waals surface area contributed by atoms with E-state index >= 15 is 0 Å². The van der Waals surface area contributed by atoms with Crippen molar-refractivity contribution in [1.29, 1.82) is 0 Å². The summed E-state index contributed by atoms with van der Waals surface area (Å²) in [5.74, 6) is 2.22. The van der Waals surface area contributed by atoms with Gasteiger partial charge in [0.15, 0.2) is 0 Å². The Morgan fingerprint density at radius 2 is 1.83 bits per heavy atom. The molecule has 1 N–H and O–H groups in total. The summed E-state index contributed by atoms with van der Waals surface area (Å²) in [7, 11) is 4.10. The predicted molar refractivity (Wildman–Crippen MR) is 140 cm³/mol. The Bertz CT molecular complexity index is 881. The van der Waals surface area contributed by atoms with E-state index in [4.69, 9.17) is 4.74 Å². The van der Waals surface area contributed by atoms with Gasteiger partial charge in [-0.1, -0.05) is 30.3 Å². The highest BCUT2D eigenvalue weighted by Crippen LogP contribution is 2.23. The van der Waals surface area contributed by atoms with Gasteiger partial charge in [0.2, 0.25) is 11.8 Å². The molecule has 1 fully saturated rings. The highest BCUT2D eigenvalue weighted by Gasteiger charge is 2.27. The number of allylic oxidation sites excluding steroid dienone is 2. The lowest BCUT2D eigenvalue weighted by molar-refractivity contribution is -0.136. The lowest BCUT2D eigenvalue weighted by Gasteiger charge is -2.28. The van der Waals surface area contributed by atoms with Crippen molar-refractivity contribution < 1.29 is 14.3 Å². The number of carbonyl (C=O) groups excluding carboxylic acids is 2. The summed E-state index contributed by atoms with van der Waals surface area (Å²) in [5, 5.41) is 2.84. The number of nitrogens with zero attached hydrogens (tertiary/aromatic N) is 3. The van der Waals surface area contributed by atoms with Crippen molar-refractivity contribution >= 4 is 11.8 Å². The first-order valence-electron chi connectivity index (χ1n) is 12.9. The van der Waals surface area contributed by atoms with Gasteiger partial charge in [0.05, 0.1) is 13.1 Å². The van der Waals surface area contributed by atoms with Crippen molar-refractivity contribution in [2.75, 3.05) is 59.9 Å². The van der Waals surface area contributed by atoms with Gasteiger partial charge in [-0.15, -0.1) is 0 Å². The van der Waals surface area contributed by atoms with E-state index in [0.717, 1.165) is 69.8 Å². The van der Waals surface area contributed by atoms with Crippen molar-refractivity contribution in [2.24, 2.45) is 5.92 Å². The Morgan fingerprint density at radius 3 is 2.57 bits per heavy atom. The molecule has 2 aliphatic heterocycles.